The molecule has 10 heteroatoms. The summed E-state index contributed by atoms with van der Waals surface area (Å²) in [7, 11) is -2.62. The molecule has 0 aliphatic rings. The SMILES string of the molecule is COc1cccc(S(=O)(=O)n2c(COC(C)(C)C(=O)O)cc3nc(Cl)ccc32)c1. The van der Waals surface area contributed by atoms with Crippen LogP contribution in [0.4, 0.5) is 0 Å². The number of hydrogen-bond donors (Lipinski definition) is 1. The first-order chi connectivity index (χ1) is 13.6. The van der Waals surface area contributed by atoms with Crippen molar-refractivity contribution in [2.24, 2.45) is 0 Å². The normalized spacial score (nSPS) is 12.3. The zero-order valence-corrected chi connectivity index (χ0v) is 17.5. The van der Waals surface area contributed by atoms with Crippen LogP contribution in [0.2, 0.25) is 5.15 Å². The van der Waals surface area contributed by atoms with Crippen molar-refractivity contribution in [1.82, 2.24) is 8.96 Å². The summed E-state index contributed by atoms with van der Waals surface area (Å²) in [4.78, 5) is 15.5. The van der Waals surface area contributed by atoms with E-state index in [9.17, 15) is 18.3 Å². The van der Waals surface area contributed by atoms with Gasteiger partial charge >= 0.3 is 5.97 Å². The Morgan fingerprint density at radius 3 is 2.62 bits per heavy atom. The number of carboxylic acids is 1. The van der Waals surface area contributed by atoms with Crippen LogP contribution in [0.1, 0.15) is 19.5 Å². The zero-order valence-electron chi connectivity index (χ0n) is 15.9. The number of ether oxygens (including phenoxy) is 2. The second-order valence-electron chi connectivity index (χ2n) is 6.73. The van der Waals surface area contributed by atoms with E-state index in [1.54, 1.807) is 12.1 Å². The Balaban J connectivity index is 2.17. The minimum absolute atomic E-state index is 0.00282. The Hall–Kier alpha value is -2.62. The fourth-order valence-electron chi connectivity index (χ4n) is 2.66. The molecule has 1 N–H and O–H groups in total. The first kappa shape index (κ1) is 21.1. The Morgan fingerprint density at radius 2 is 1.97 bits per heavy atom. The van der Waals surface area contributed by atoms with Crippen LogP contribution >= 0.6 is 11.6 Å². The number of carboxylic acid groups (broad SMARTS) is 1. The third kappa shape index (κ3) is 4.07. The molecule has 0 spiro atoms. The van der Waals surface area contributed by atoms with Crippen LogP contribution in [-0.4, -0.2) is 41.2 Å². The van der Waals surface area contributed by atoms with E-state index in [-0.39, 0.29) is 22.3 Å². The fourth-order valence-corrected chi connectivity index (χ4v) is 4.37. The lowest BCUT2D eigenvalue weighted by molar-refractivity contribution is -0.162. The van der Waals surface area contributed by atoms with E-state index >= 15 is 0 Å². The van der Waals surface area contributed by atoms with Gasteiger partial charge < -0.3 is 14.6 Å². The van der Waals surface area contributed by atoms with E-state index in [0.29, 0.717) is 16.8 Å². The Bertz CT molecular complexity index is 1190. The Labute approximate surface area is 172 Å². The van der Waals surface area contributed by atoms with E-state index in [4.69, 9.17) is 21.1 Å². The molecular weight excluding hydrogens is 420 g/mol. The molecule has 0 saturated heterocycles. The molecule has 3 rings (SSSR count). The van der Waals surface area contributed by atoms with Crippen LogP contribution in [0, 0.1) is 0 Å². The van der Waals surface area contributed by atoms with Crippen molar-refractivity contribution in [3.63, 3.8) is 0 Å². The molecule has 154 valence electrons. The summed E-state index contributed by atoms with van der Waals surface area (Å²) in [6, 6.07) is 10.6. The summed E-state index contributed by atoms with van der Waals surface area (Å²) in [5.41, 5.74) is -0.655. The number of methoxy groups -OCH3 is 1. The molecule has 0 aliphatic heterocycles. The number of pyridine rings is 1. The third-order valence-electron chi connectivity index (χ3n) is 4.33. The van der Waals surface area contributed by atoms with E-state index in [1.807, 2.05) is 0 Å². The van der Waals surface area contributed by atoms with E-state index in [2.05, 4.69) is 4.98 Å². The largest absolute Gasteiger partial charge is 0.497 e. The summed E-state index contributed by atoms with van der Waals surface area (Å²) < 4.78 is 38.5. The number of aromatic nitrogens is 2. The molecular formula is C19H19ClN2O6S. The summed E-state index contributed by atoms with van der Waals surface area (Å²) in [6.07, 6.45) is 0. The summed E-state index contributed by atoms with van der Waals surface area (Å²) in [6.45, 7) is 2.50. The van der Waals surface area contributed by atoms with Crippen LogP contribution in [0.5, 0.6) is 5.75 Å². The van der Waals surface area contributed by atoms with Gasteiger partial charge in [-0.15, -0.1) is 0 Å². The van der Waals surface area contributed by atoms with Gasteiger partial charge in [-0.05, 0) is 44.2 Å². The highest BCUT2D eigenvalue weighted by molar-refractivity contribution is 7.90. The van der Waals surface area contributed by atoms with Gasteiger partial charge in [0.15, 0.2) is 5.60 Å². The van der Waals surface area contributed by atoms with Gasteiger partial charge in [0.05, 0.1) is 35.3 Å². The van der Waals surface area contributed by atoms with Crippen LogP contribution in [0.25, 0.3) is 11.0 Å². The van der Waals surface area contributed by atoms with Crippen molar-refractivity contribution in [1.29, 1.82) is 0 Å². The third-order valence-corrected chi connectivity index (χ3v) is 6.30. The number of carbonyl (C=O) groups is 1. The van der Waals surface area contributed by atoms with Crippen molar-refractivity contribution >= 4 is 38.6 Å². The summed E-state index contributed by atoms with van der Waals surface area (Å²) in [5.74, 6) is -0.787. The molecule has 29 heavy (non-hydrogen) atoms. The average Bonchev–Trinajstić information content (AvgIpc) is 3.04. The first-order valence-electron chi connectivity index (χ1n) is 8.50. The Morgan fingerprint density at radius 1 is 1.24 bits per heavy atom. The lowest BCUT2D eigenvalue weighted by Gasteiger charge is -2.20. The minimum atomic E-state index is -4.06. The molecule has 0 unspecified atom stereocenters. The maximum atomic E-state index is 13.4. The van der Waals surface area contributed by atoms with Crippen LogP contribution < -0.4 is 4.74 Å². The molecule has 0 aliphatic carbocycles. The molecule has 0 bridgehead atoms. The monoisotopic (exact) mass is 438 g/mol. The first-order valence-corrected chi connectivity index (χ1v) is 10.3. The molecule has 0 amide bonds. The van der Waals surface area contributed by atoms with Crippen molar-refractivity contribution < 1.29 is 27.8 Å². The van der Waals surface area contributed by atoms with Gasteiger partial charge in [0.25, 0.3) is 10.0 Å². The van der Waals surface area contributed by atoms with Crippen LogP contribution in [0.15, 0.2) is 47.4 Å². The number of nitrogens with zero attached hydrogens (tertiary/aromatic N) is 2. The highest BCUT2D eigenvalue weighted by Gasteiger charge is 2.30. The molecule has 3 aromatic rings. The topological polar surface area (TPSA) is 108 Å². The van der Waals surface area contributed by atoms with Crippen molar-refractivity contribution in [3.8, 4) is 5.75 Å². The molecule has 1 aromatic carbocycles. The Kier molecular flexibility index (Phi) is 5.57. The van der Waals surface area contributed by atoms with Crippen molar-refractivity contribution in [3.05, 3.63) is 53.3 Å². The predicted molar refractivity (Wildman–Crippen MR) is 107 cm³/mol. The van der Waals surface area contributed by atoms with Gasteiger partial charge in [0, 0.05) is 6.07 Å². The number of halogens is 1. The number of aliphatic carboxylic acids is 1. The molecule has 8 nitrogen and oxygen atoms in total. The summed E-state index contributed by atoms with van der Waals surface area (Å²) in [5, 5.41) is 9.47. The lowest BCUT2D eigenvalue weighted by Crippen LogP contribution is -2.34. The van der Waals surface area contributed by atoms with Crippen LogP contribution in [-0.2, 0) is 26.2 Å². The van der Waals surface area contributed by atoms with Crippen molar-refractivity contribution in [2.45, 2.75) is 31.0 Å². The van der Waals surface area contributed by atoms with E-state index in [1.165, 1.54) is 51.3 Å². The van der Waals surface area contributed by atoms with Gasteiger partial charge in [0.2, 0.25) is 0 Å². The van der Waals surface area contributed by atoms with Gasteiger partial charge in [-0.25, -0.2) is 22.2 Å². The quantitative estimate of drug-likeness (QED) is 0.563. The fraction of sp³-hybridized carbons (Fsp3) is 0.263. The van der Waals surface area contributed by atoms with Crippen LogP contribution in [0.3, 0.4) is 0 Å². The number of hydrogen-bond acceptors (Lipinski definition) is 6. The number of benzene rings is 1. The number of rotatable bonds is 7. The summed E-state index contributed by atoms with van der Waals surface area (Å²) >= 11 is 5.95. The lowest BCUT2D eigenvalue weighted by atomic mass is 10.1. The van der Waals surface area contributed by atoms with Gasteiger partial charge in [0.1, 0.15) is 10.9 Å². The maximum Gasteiger partial charge on any atom is 0.335 e. The molecule has 0 saturated carbocycles. The maximum absolute atomic E-state index is 13.4. The van der Waals surface area contributed by atoms with Gasteiger partial charge in [-0.2, -0.15) is 0 Å². The van der Waals surface area contributed by atoms with E-state index in [0.717, 1.165) is 3.97 Å². The second kappa shape index (κ2) is 7.66. The van der Waals surface area contributed by atoms with E-state index < -0.39 is 21.6 Å². The smallest absolute Gasteiger partial charge is 0.335 e. The van der Waals surface area contributed by atoms with Gasteiger partial charge in [-0.3, -0.25) is 0 Å². The molecule has 0 radical (unpaired) electrons. The molecule has 0 fully saturated rings. The molecule has 2 aromatic heterocycles. The highest BCUT2D eigenvalue weighted by atomic mass is 35.5. The highest BCUT2D eigenvalue weighted by Crippen LogP contribution is 2.28. The molecule has 0 atom stereocenters. The molecule has 2 heterocycles. The second-order valence-corrected chi connectivity index (χ2v) is 8.90. The minimum Gasteiger partial charge on any atom is -0.497 e. The van der Waals surface area contributed by atoms with Crippen molar-refractivity contribution in [2.75, 3.05) is 7.11 Å². The standard InChI is InChI=1S/C19H19ClN2O6S/c1-19(2,18(23)24)28-11-12-9-15-16(7-8-17(20)21-15)22(12)29(25,26)14-6-4-5-13(10-14)27-3/h4-10H,11H2,1-3H3,(H,23,24). The number of fused-ring (bicyclic) bond motifs is 1. The average molecular weight is 439 g/mol. The predicted octanol–water partition coefficient (Wildman–Crippen LogP) is 3.32. The zero-order chi connectivity index (χ0) is 21.4. The van der Waals surface area contributed by atoms with Gasteiger partial charge in [-0.1, -0.05) is 17.7 Å².